The summed E-state index contributed by atoms with van der Waals surface area (Å²) < 4.78 is 5.25. The van der Waals surface area contributed by atoms with Gasteiger partial charge < -0.3 is 10.1 Å². The normalized spacial score (nSPS) is 20.6. The molecule has 1 N–H and O–H groups in total. The summed E-state index contributed by atoms with van der Waals surface area (Å²) in [5.74, 6) is -1.62. The number of nitrogens with zero attached hydrogens (tertiary/aromatic N) is 1. The minimum absolute atomic E-state index is 0.209. The average Bonchev–Trinajstić information content (AvgIpc) is 2.99. The first-order valence-electron chi connectivity index (χ1n) is 10.9. The van der Waals surface area contributed by atoms with Crippen LogP contribution in [0.5, 0.6) is 0 Å². The van der Waals surface area contributed by atoms with Crippen LogP contribution >= 0.6 is 0 Å². The minimum atomic E-state index is -1.25. The molecule has 2 aliphatic heterocycles. The second-order valence-electron chi connectivity index (χ2n) is 8.44. The summed E-state index contributed by atoms with van der Waals surface area (Å²) in [6.45, 7) is 7.91. The van der Waals surface area contributed by atoms with Crippen molar-refractivity contribution in [1.82, 2.24) is 10.2 Å². The summed E-state index contributed by atoms with van der Waals surface area (Å²) in [7, 11) is 0. The summed E-state index contributed by atoms with van der Waals surface area (Å²) in [5.41, 5.74) is 0.658. The molecule has 1 fully saturated rings. The summed E-state index contributed by atoms with van der Waals surface area (Å²) >= 11 is 0. The minimum Gasteiger partial charge on any atom is -0.466 e. The number of piperidine rings is 1. The predicted molar refractivity (Wildman–Crippen MR) is 115 cm³/mol. The zero-order valence-electron chi connectivity index (χ0n) is 18.3. The number of imide groups is 1. The van der Waals surface area contributed by atoms with Crippen LogP contribution in [0.3, 0.4) is 0 Å². The first kappa shape index (κ1) is 22.7. The number of fused-ring (bicyclic) bond motifs is 1. The van der Waals surface area contributed by atoms with E-state index in [1.54, 1.807) is 25.1 Å². The molecule has 1 aromatic rings. The van der Waals surface area contributed by atoms with Gasteiger partial charge in [0.05, 0.1) is 17.7 Å². The van der Waals surface area contributed by atoms with Gasteiger partial charge in [-0.3, -0.25) is 24.1 Å². The Morgan fingerprint density at radius 3 is 2.61 bits per heavy atom. The molecule has 0 unspecified atom stereocenters. The zero-order chi connectivity index (χ0) is 22.6. The van der Waals surface area contributed by atoms with Crippen molar-refractivity contribution >= 4 is 23.7 Å². The molecule has 0 spiro atoms. The Kier molecular flexibility index (Phi) is 6.93. The number of amides is 3. The highest BCUT2D eigenvalue weighted by Crippen LogP contribution is 2.35. The number of allylic oxidation sites excluding steroid dienone is 1. The van der Waals surface area contributed by atoms with Crippen LogP contribution in [-0.2, 0) is 20.7 Å². The maximum Gasteiger partial charge on any atom is 0.306 e. The fourth-order valence-electron chi connectivity index (χ4n) is 4.00. The highest BCUT2D eigenvalue weighted by molar-refractivity contribution is 6.23. The molecular formula is C24H30N2O5. The second kappa shape index (κ2) is 9.45. The highest BCUT2D eigenvalue weighted by Gasteiger charge is 2.51. The number of esters is 1. The number of hydrogen-bond donors (Lipinski definition) is 1. The molecule has 2 heterocycles. The molecule has 166 valence electrons. The zero-order valence-corrected chi connectivity index (χ0v) is 18.3. The van der Waals surface area contributed by atoms with Crippen LogP contribution in [0.2, 0.25) is 0 Å². The standard InChI is InChI=1S/C24H30N2O5/c1-4-5-6-7-14-31-20(27)11-9-17-8-10-18-19(15-17)22(29)26(21(18)28)24(3)13-12-16(2)25-23(24)30/h8,10,15H,2,4-7,9,11-14H2,1,3H3,(H,25,30)/t24-/m0/s1. The summed E-state index contributed by atoms with van der Waals surface area (Å²) in [4.78, 5) is 51.6. The number of aryl methyl sites for hydroxylation is 1. The highest BCUT2D eigenvalue weighted by atomic mass is 16.5. The van der Waals surface area contributed by atoms with Crippen LogP contribution in [0.1, 0.15) is 85.1 Å². The molecule has 3 amide bonds. The van der Waals surface area contributed by atoms with Crippen molar-refractivity contribution in [3.63, 3.8) is 0 Å². The van der Waals surface area contributed by atoms with Gasteiger partial charge in [0.1, 0.15) is 5.54 Å². The van der Waals surface area contributed by atoms with Crippen molar-refractivity contribution in [1.29, 1.82) is 0 Å². The van der Waals surface area contributed by atoms with Gasteiger partial charge in [-0.05, 0) is 50.3 Å². The van der Waals surface area contributed by atoms with Crippen molar-refractivity contribution < 1.29 is 23.9 Å². The molecular weight excluding hydrogens is 396 g/mol. The molecule has 7 heteroatoms. The van der Waals surface area contributed by atoms with E-state index in [2.05, 4.69) is 18.8 Å². The number of hydrogen-bond acceptors (Lipinski definition) is 5. The lowest BCUT2D eigenvalue weighted by Gasteiger charge is -2.39. The Bertz CT molecular complexity index is 923. The Labute approximate surface area is 182 Å². The van der Waals surface area contributed by atoms with E-state index in [1.807, 2.05) is 0 Å². The molecule has 31 heavy (non-hydrogen) atoms. The van der Waals surface area contributed by atoms with E-state index in [1.165, 1.54) is 0 Å². The Morgan fingerprint density at radius 1 is 1.16 bits per heavy atom. The number of ether oxygens (including phenoxy) is 1. The van der Waals surface area contributed by atoms with Crippen LogP contribution < -0.4 is 5.32 Å². The van der Waals surface area contributed by atoms with Crippen molar-refractivity contribution in [3.05, 3.63) is 47.2 Å². The molecule has 3 rings (SSSR count). The maximum atomic E-state index is 13.1. The Balaban J connectivity index is 1.64. The van der Waals surface area contributed by atoms with E-state index in [0.717, 1.165) is 36.1 Å². The summed E-state index contributed by atoms with van der Waals surface area (Å²) in [6, 6.07) is 4.99. The van der Waals surface area contributed by atoms with Crippen molar-refractivity contribution in [2.75, 3.05) is 6.61 Å². The van der Waals surface area contributed by atoms with Gasteiger partial charge in [0.15, 0.2) is 0 Å². The van der Waals surface area contributed by atoms with Gasteiger partial charge in [-0.1, -0.05) is 38.8 Å². The molecule has 1 aromatic carbocycles. The van der Waals surface area contributed by atoms with Crippen LogP contribution in [0, 0.1) is 0 Å². The van der Waals surface area contributed by atoms with E-state index in [-0.39, 0.29) is 23.5 Å². The maximum absolute atomic E-state index is 13.1. The van der Waals surface area contributed by atoms with Crippen LogP contribution in [0.25, 0.3) is 0 Å². The summed E-state index contributed by atoms with van der Waals surface area (Å²) in [6.07, 6.45) is 5.63. The molecule has 0 radical (unpaired) electrons. The third kappa shape index (κ3) is 4.70. The van der Waals surface area contributed by atoms with Crippen LogP contribution in [0.15, 0.2) is 30.5 Å². The number of nitrogens with one attached hydrogen (secondary N) is 1. The van der Waals surface area contributed by atoms with Gasteiger partial charge in [0.2, 0.25) is 5.91 Å². The van der Waals surface area contributed by atoms with E-state index in [4.69, 9.17) is 4.74 Å². The number of carbonyl (C=O) groups excluding carboxylic acids is 4. The van der Waals surface area contributed by atoms with E-state index in [9.17, 15) is 19.2 Å². The quantitative estimate of drug-likeness (QED) is 0.370. The van der Waals surface area contributed by atoms with Gasteiger partial charge in [-0.25, -0.2) is 0 Å². The molecule has 2 aliphatic rings. The third-order valence-corrected chi connectivity index (χ3v) is 6.02. The molecule has 1 saturated heterocycles. The van der Waals surface area contributed by atoms with E-state index >= 15 is 0 Å². The van der Waals surface area contributed by atoms with Gasteiger partial charge in [0, 0.05) is 12.1 Å². The van der Waals surface area contributed by atoms with Gasteiger partial charge in [-0.2, -0.15) is 0 Å². The molecule has 1 atom stereocenters. The van der Waals surface area contributed by atoms with Gasteiger partial charge in [-0.15, -0.1) is 0 Å². The van der Waals surface area contributed by atoms with Crippen molar-refractivity contribution in [2.45, 2.75) is 70.8 Å². The fraction of sp³-hybridized carbons (Fsp3) is 0.500. The van der Waals surface area contributed by atoms with Crippen LogP contribution in [0.4, 0.5) is 0 Å². The largest absolute Gasteiger partial charge is 0.466 e. The smallest absolute Gasteiger partial charge is 0.306 e. The topological polar surface area (TPSA) is 92.8 Å². The van der Waals surface area contributed by atoms with E-state index in [0.29, 0.717) is 31.6 Å². The van der Waals surface area contributed by atoms with E-state index < -0.39 is 23.3 Å². The lowest BCUT2D eigenvalue weighted by molar-refractivity contribution is -0.143. The van der Waals surface area contributed by atoms with Crippen LogP contribution in [-0.4, -0.2) is 40.7 Å². The molecule has 0 bridgehead atoms. The van der Waals surface area contributed by atoms with Crippen molar-refractivity contribution in [2.24, 2.45) is 0 Å². The molecule has 7 nitrogen and oxygen atoms in total. The molecule has 0 aliphatic carbocycles. The Hall–Kier alpha value is -2.96. The predicted octanol–water partition coefficient (Wildman–Crippen LogP) is 3.52. The first-order chi connectivity index (χ1) is 14.8. The average molecular weight is 427 g/mol. The first-order valence-corrected chi connectivity index (χ1v) is 10.9. The fourth-order valence-corrected chi connectivity index (χ4v) is 4.00. The number of benzene rings is 1. The Morgan fingerprint density at radius 2 is 1.90 bits per heavy atom. The molecule has 0 aromatic heterocycles. The lowest BCUT2D eigenvalue weighted by Crippen LogP contribution is -2.60. The monoisotopic (exact) mass is 426 g/mol. The van der Waals surface area contributed by atoms with Gasteiger partial charge in [0.25, 0.3) is 11.8 Å². The third-order valence-electron chi connectivity index (χ3n) is 6.02. The van der Waals surface area contributed by atoms with Gasteiger partial charge >= 0.3 is 5.97 Å². The second-order valence-corrected chi connectivity index (χ2v) is 8.44. The number of carbonyl (C=O) groups is 4. The SMILES string of the molecule is C=C1CC[C@](C)(N2C(=O)c3ccc(CCC(=O)OCCCCCC)cc3C2=O)C(=O)N1. The molecule has 0 saturated carbocycles. The van der Waals surface area contributed by atoms with Crippen molar-refractivity contribution in [3.8, 4) is 0 Å². The number of unbranched alkanes of at least 4 members (excludes halogenated alkanes) is 3. The lowest BCUT2D eigenvalue weighted by atomic mass is 9.88. The number of rotatable bonds is 9. The summed E-state index contributed by atoms with van der Waals surface area (Å²) in [5, 5.41) is 2.66.